The second-order valence-corrected chi connectivity index (χ2v) is 4.55. The minimum Gasteiger partial charge on any atom is -0.287 e. The van der Waals surface area contributed by atoms with Crippen LogP contribution in [-0.2, 0) is 21.4 Å². The van der Waals surface area contributed by atoms with E-state index >= 15 is 0 Å². The summed E-state index contributed by atoms with van der Waals surface area (Å²) in [5.74, 6) is 0. The Balaban J connectivity index is 2.60. The van der Waals surface area contributed by atoms with Crippen LogP contribution in [0.4, 0.5) is 0 Å². The zero-order valence-electron chi connectivity index (χ0n) is 7.10. The first kappa shape index (κ1) is 8.68. The molecule has 0 spiro atoms. The quantitative estimate of drug-likeness (QED) is 0.670. The van der Waals surface area contributed by atoms with Crippen LogP contribution in [0.1, 0.15) is 5.56 Å². The molecule has 70 valence electrons. The lowest BCUT2D eigenvalue weighted by atomic mass is 10.2. The number of sulfonamides is 1. The zero-order valence-corrected chi connectivity index (χ0v) is 7.91. The summed E-state index contributed by atoms with van der Waals surface area (Å²) in [6.07, 6.45) is 0. The van der Waals surface area contributed by atoms with E-state index < -0.39 is 10.0 Å². The molecule has 0 atom stereocenters. The molecule has 0 saturated heterocycles. The molecule has 0 amide bonds. The molecule has 0 radical (unpaired) electrons. The van der Waals surface area contributed by atoms with Gasteiger partial charge in [0.05, 0.1) is 18.6 Å². The summed E-state index contributed by atoms with van der Waals surface area (Å²) in [7, 11) is -2.03. The Morgan fingerprint density at radius 2 is 2.08 bits per heavy atom. The fourth-order valence-electron chi connectivity index (χ4n) is 1.38. The van der Waals surface area contributed by atoms with E-state index in [1.54, 1.807) is 18.2 Å². The Morgan fingerprint density at radius 3 is 2.69 bits per heavy atom. The van der Waals surface area contributed by atoms with Crippen molar-refractivity contribution in [1.82, 2.24) is 4.47 Å². The summed E-state index contributed by atoms with van der Waals surface area (Å²) in [6.45, 7) is 0.301. The molecule has 0 bridgehead atoms. The van der Waals surface area contributed by atoms with Gasteiger partial charge in [-0.1, -0.05) is 22.7 Å². The molecule has 0 aliphatic carbocycles. The van der Waals surface area contributed by atoms with Crippen LogP contribution in [-0.4, -0.2) is 20.0 Å². The van der Waals surface area contributed by atoms with E-state index in [4.69, 9.17) is 4.84 Å². The van der Waals surface area contributed by atoms with Crippen LogP contribution >= 0.6 is 0 Å². The smallest absolute Gasteiger partial charge is 0.265 e. The summed E-state index contributed by atoms with van der Waals surface area (Å²) in [5, 5.41) is 0. The summed E-state index contributed by atoms with van der Waals surface area (Å²) in [5.41, 5.74) is 0.782. The third-order valence-electron chi connectivity index (χ3n) is 2.02. The van der Waals surface area contributed by atoms with Crippen LogP contribution in [0.15, 0.2) is 29.2 Å². The van der Waals surface area contributed by atoms with Crippen molar-refractivity contribution in [3.63, 3.8) is 0 Å². The molecule has 0 N–H and O–H groups in total. The molecule has 2 rings (SSSR count). The lowest BCUT2D eigenvalue weighted by molar-refractivity contribution is -0.0509. The predicted molar refractivity (Wildman–Crippen MR) is 46.2 cm³/mol. The Bertz CT molecular complexity index is 427. The summed E-state index contributed by atoms with van der Waals surface area (Å²) in [4.78, 5) is 5.10. The van der Waals surface area contributed by atoms with Gasteiger partial charge in [-0.15, -0.1) is 0 Å². The van der Waals surface area contributed by atoms with Gasteiger partial charge < -0.3 is 0 Å². The first-order valence-electron chi connectivity index (χ1n) is 3.81. The third-order valence-corrected chi connectivity index (χ3v) is 3.79. The van der Waals surface area contributed by atoms with E-state index in [1.807, 2.05) is 6.07 Å². The van der Waals surface area contributed by atoms with E-state index in [0.29, 0.717) is 11.4 Å². The van der Waals surface area contributed by atoms with Gasteiger partial charge >= 0.3 is 0 Å². The Hall–Kier alpha value is -0.910. The Morgan fingerprint density at radius 1 is 1.38 bits per heavy atom. The summed E-state index contributed by atoms with van der Waals surface area (Å²) in [6, 6.07) is 6.89. The molecule has 0 aromatic heterocycles. The van der Waals surface area contributed by atoms with Crippen molar-refractivity contribution in [3.8, 4) is 0 Å². The highest BCUT2D eigenvalue weighted by Crippen LogP contribution is 2.29. The molecule has 13 heavy (non-hydrogen) atoms. The number of hydrogen-bond donors (Lipinski definition) is 0. The predicted octanol–water partition coefficient (Wildman–Crippen LogP) is 0.752. The van der Waals surface area contributed by atoms with Crippen LogP contribution in [0, 0.1) is 0 Å². The molecule has 4 nitrogen and oxygen atoms in total. The first-order chi connectivity index (χ1) is 6.16. The van der Waals surface area contributed by atoms with Gasteiger partial charge in [0.25, 0.3) is 10.0 Å². The Labute approximate surface area is 76.7 Å². The minimum absolute atomic E-state index is 0.301. The molecule has 1 heterocycles. The van der Waals surface area contributed by atoms with Gasteiger partial charge in [0, 0.05) is 0 Å². The average Bonchev–Trinajstić information content (AvgIpc) is 2.39. The molecule has 0 fully saturated rings. The number of hydrogen-bond acceptors (Lipinski definition) is 3. The fraction of sp³-hybridized carbons (Fsp3) is 0.250. The molecular formula is C8H9NO3S. The van der Waals surface area contributed by atoms with Gasteiger partial charge in [-0.2, -0.15) is 0 Å². The molecule has 1 aromatic rings. The minimum atomic E-state index is -3.39. The molecule has 0 unspecified atom stereocenters. The van der Waals surface area contributed by atoms with Crippen molar-refractivity contribution in [1.29, 1.82) is 0 Å². The van der Waals surface area contributed by atoms with Gasteiger partial charge in [0.2, 0.25) is 0 Å². The van der Waals surface area contributed by atoms with Crippen molar-refractivity contribution < 1.29 is 13.3 Å². The highest BCUT2D eigenvalue weighted by Gasteiger charge is 2.34. The van der Waals surface area contributed by atoms with Gasteiger partial charge in [-0.3, -0.25) is 4.84 Å². The van der Waals surface area contributed by atoms with Gasteiger partial charge in [-0.25, -0.2) is 8.42 Å². The monoisotopic (exact) mass is 199 g/mol. The van der Waals surface area contributed by atoms with Crippen molar-refractivity contribution in [3.05, 3.63) is 29.8 Å². The van der Waals surface area contributed by atoms with E-state index in [-0.39, 0.29) is 0 Å². The lowest BCUT2D eigenvalue weighted by Gasteiger charge is -2.09. The maximum atomic E-state index is 11.6. The molecule has 5 heteroatoms. The highest BCUT2D eigenvalue weighted by atomic mass is 32.2. The maximum Gasteiger partial charge on any atom is 0.265 e. The van der Waals surface area contributed by atoms with Crippen molar-refractivity contribution in [2.75, 3.05) is 7.11 Å². The standard InChI is InChI=1S/C8H9NO3S/c1-12-9-6-7-4-2-3-5-8(7)13(9,10)11/h2-5H,6H2,1H3. The number of nitrogens with zero attached hydrogens (tertiary/aromatic N) is 1. The van der Waals surface area contributed by atoms with Crippen LogP contribution in [0.3, 0.4) is 0 Å². The van der Waals surface area contributed by atoms with Crippen molar-refractivity contribution in [2.24, 2.45) is 0 Å². The number of benzene rings is 1. The topological polar surface area (TPSA) is 46.6 Å². The second kappa shape index (κ2) is 2.80. The molecule has 1 aromatic carbocycles. The van der Waals surface area contributed by atoms with Gasteiger partial charge in [0.1, 0.15) is 0 Å². The molecule has 1 aliphatic heterocycles. The Kier molecular flexibility index (Phi) is 1.87. The van der Waals surface area contributed by atoms with E-state index in [1.165, 1.54) is 7.11 Å². The maximum absolute atomic E-state index is 11.6. The van der Waals surface area contributed by atoms with Crippen molar-refractivity contribution >= 4 is 10.0 Å². The number of hydroxylamine groups is 1. The van der Waals surface area contributed by atoms with Crippen LogP contribution in [0.5, 0.6) is 0 Å². The van der Waals surface area contributed by atoms with E-state index in [2.05, 4.69) is 0 Å². The molecule has 0 saturated carbocycles. The van der Waals surface area contributed by atoms with Gasteiger partial charge in [-0.05, 0) is 11.6 Å². The van der Waals surface area contributed by atoms with E-state index in [9.17, 15) is 8.42 Å². The average molecular weight is 199 g/mol. The van der Waals surface area contributed by atoms with Crippen molar-refractivity contribution in [2.45, 2.75) is 11.4 Å². The zero-order chi connectivity index (χ0) is 9.47. The number of fused-ring (bicyclic) bond motifs is 1. The van der Waals surface area contributed by atoms with Crippen LogP contribution in [0.25, 0.3) is 0 Å². The first-order valence-corrected chi connectivity index (χ1v) is 5.25. The molecule has 1 aliphatic rings. The largest absolute Gasteiger partial charge is 0.287 e. The second-order valence-electron chi connectivity index (χ2n) is 2.76. The molecular weight excluding hydrogens is 190 g/mol. The van der Waals surface area contributed by atoms with E-state index in [0.717, 1.165) is 10.0 Å². The summed E-state index contributed by atoms with van der Waals surface area (Å²) >= 11 is 0. The third kappa shape index (κ3) is 1.16. The summed E-state index contributed by atoms with van der Waals surface area (Å²) < 4.78 is 24.2. The normalized spacial score (nSPS) is 20.1. The highest BCUT2D eigenvalue weighted by molar-refractivity contribution is 7.89. The SMILES string of the molecule is CON1Cc2ccccc2S1(=O)=O. The van der Waals surface area contributed by atoms with Gasteiger partial charge in [0.15, 0.2) is 0 Å². The lowest BCUT2D eigenvalue weighted by Crippen LogP contribution is -2.22. The number of rotatable bonds is 1. The fourth-order valence-corrected chi connectivity index (χ4v) is 2.82. The van der Waals surface area contributed by atoms with Crippen LogP contribution < -0.4 is 0 Å². The van der Waals surface area contributed by atoms with Crippen LogP contribution in [0.2, 0.25) is 0 Å².